The summed E-state index contributed by atoms with van der Waals surface area (Å²) in [5.41, 5.74) is 0.886. The molecule has 0 spiro atoms. The number of nitrogens with zero attached hydrogens (tertiary/aromatic N) is 4. The smallest absolute Gasteiger partial charge is 0.137 e. The Hall–Kier alpha value is -1.62. The second-order valence-electron chi connectivity index (χ2n) is 4.73. The van der Waals surface area contributed by atoms with E-state index in [0.29, 0.717) is 5.15 Å². The molecule has 2 aromatic rings. The highest BCUT2D eigenvalue weighted by Gasteiger charge is 2.11. The standard InChI is InChI=1S/C13H18ClN5/c1-9(2)12-17-11(14)10(3)13(18-12)16-5-7-19-6-4-15-8-19/h4,6,8-9H,5,7H2,1-3H3,(H,16,17,18). The lowest BCUT2D eigenvalue weighted by atomic mass is 10.2. The maximum Gasteiger partial charge on any atom is 0.137 e. The molecule has 1 N–H and O–H groups in total. The molecule has 0 aromatic carbocycles. The second-order valence-corrected chi connectivity index (χ2v) is 5.09. The minimum absolute atomic E-state index is 0.257. The maximum absolute atomic E-state index is 6.14. The quantitative estimate of drug-likeness (QED) is 0.855. The van der Waals surface area contributed by atoms with Crippen molar-refractivity contribution in [2.75, 3.05) is 11.9 Å². The zero-order valence-electron chi connectivity index (χ0n) is 11.4. The molecule has 0 radical (unpaired) electrons. The van der Waals surface area contributed by atoms with Crippen LogP contribution in [0.4, 0.5) is 5.82 Å². The van der Waals surface area contributed by atoms with Crippen LogP contribution in [0.3, 0.4) is 0 Å². The molecule has 0 saturated heterocycles. The number of nitrogens with one attached hydrogen (secondary N) is 1. The van der Waals surface area contributed by atoms with Crippen molar-refractivity contribution in [3.05, 3.63) is 35.3 Å². The van der Waals surface area contributed by atoms with Crippen molar-refractivity contribution in [3.8, 4) is 0 Å². The van der Waals surface area contributed by atoms with E-state index in [4.69, 9.17) is 11.6 Å². The molecule has 0 bridgehead atoms. The van der Waals surface area contributed by atoms with Crippen molar-refractivity contribution in [3.63, 3.8) is 0 Å². The Morgan fingerprint density at radius 3 is 2.79 bits per heavy atom. The molecule has 0 aliphatic heterocycles. The molecule has 2 rings (SSSR count). The van der Waals surface area contributed by atoms with Crippen LogP contribution in [0.1, 0.15) is 31.2 Å². The van der Waals surface area contributed by atoms with Gasteiger partial charge in [0.1, 0.15) is 16.8 Å². The summed E-state index contributed by atoms with van der Waals surface area (Å²) in [6.07, 6.45) is 5.49. The normalized spacial score (nSPS) is 11.0. The third-order valence-electron chi connectivity index (χ3n) is 2.84. The highest BCUT2D eigenvalue weighted by molar-refractivity contribution is 6.30. The van der Waals surface area contributed by atoms with Crippen LogP contribution in [0, 0.1) is 6.92 Å². The van der Waals surface area contributed by atoms with Crippen molar-refractivity contribution in [1.82, 2.24) is 19.5 Å². The summed E-state index contributed by atoms with van der Waals surface area (Å²) in [4.78, 5) is 12.8. The fourth-order valence-corrected chi connectivity index (χ4v) is 1.83. The van der Waals surface area contributed by atoms with E-state index in [-0.39, 0.29) is 5.92 Å². The Morgan fingerprint density at radius 1 is 1.37 bits per heavy atom. The molecule has 102 valence electrons. The lowest BCUT2D eigenvalue weighted by molar-refractivity contribution is 0.720. The minimum Gasteiger partial charge on any atom is -0.368 e. The zero-order valence-corrected chi connectivity index (χ0v) is 12.1. The van der Waals surface area contributed by atoms with E-state index in [0.717, 1.165) is 30.3 Å². The van der Waals surface area contributed by atoms with Gasteiger partial charge in [-0.3, -0.25) is 0 Å². The molecule has 19 heavy (non-hydrogen) atoms. The van der Waals surface area contributed by atoms with Crippen molar-refractivity contribution >= 4 is 17.4 Å². The van der Waals surface area contributed by atoms with E-state index >= 15 is 0 Å². The molecule has 0 atom stereocenters. The van der Waals surface area contributed by atoms with Gasteiger partial charge < -0.3 is 9.88 Å². The van der Waals surface area contributed by atoms with Gasteiger partial charge in [0, 0.05) is 37.0 Å². The Morgan fingerprint density at radius 2 is 2.16 bits per heavy atom. The second kappa shape index (κ2) is 6.02. The number of imidazole rings is 1. The molecule has 0 amide bonds. The number of hydrogen-bond donors (Lipinski definition) is 1. The predicted molar refractivity (Wildman–Crippen MR) is 76.6 cm³/mol. The fourth-order valence-electron chi connectivity index (χ4n) is 1.66. The van der Waals surface area contributed by atoms with E-state index in [9.17, 15) is 0 Å². The lowest BCUT2D eigenvalue weighted by Gasteiger charge is -2.13. The summed E-state index contributed by atoms with van der Waals surface area (Å²) in [7, 11) is 0. The zero-order chi connectivity index (χ0) is 13.8. The summed E-state index contributed by atoms with van der Waals surface area (Å²) in [5, 5.41) is 3.82. The number of rotatable bonds is 5. The Balaban J connectivity index is 2.06. The van der Waals surface area contributed by atoms with Gasteiger partial charge in [-0.15, -0.1) is 0 Å². The Bertz CT molecular complexity index is 536. The van der Waals surface area contributed by atoms with Gasteiger partial charge in [0.05, 0.1) is 6.33 Å². The topological polar surface area (TPSA) is 55.6 Å². The van der Waals surface area contributed by atoms with Gasteiger partial charge in [0.15, 0.2) is 0 Å². The Labute approximate surface area is 118 Å². The summed E-state index contributed by atoms with van der Waals surface area (Å²) in [6, 6.07) is 0. The average molecular weight is 280 g/mol. The molecule has 2 aromatic heterocycles. The van der Waals surface area contributed by atoms with Crippen LogP contribution in [0.15, 0.2) is 18.7 Å². The van der Waals surface area contributed by atoms with Gasteiger partial charge in [-0.1, -0.05) is 25.4 Å². The summed E-state index contributed by atoms with van der Waals surface area (Å²) in [6.45, 7) is 7.62. The van der Waals surface area contributed by atoms with Crippen molar-refractivity contribution in [2.45, 2.75) is 33.2 Å². The SMILES string of the molecule is Cc1c(Cl)nc(C(C)C)nc1NCCn1ccnc1. The first kappa shape index (κ1) is 13.8. The van der Waals surface area contributed by atoms with Crippen molar-refractivity contribution in [1.29, 1.82) is 0 Å². The number of hydrogen-bond acceptors (Lipinski definition) is 4. The summed E-state index contributed by atoms with van der Waals surface area (Å²) < 4.78 is 2.01. The highest BCUT2D eigenvalue weighted by atomic mass is 35.5. The van der Waals surface area contributed by atoms with Gasteiger partial charge in [-0.25, -0.2) is 15.0 Å². The molecule has 2 heterocycles. The van der Waals surface area contributed by atoms with E-state index in [1.807, 2.05) is 17.7 Å². The van der Waals surface area contributed by atoms with Crippen LogP contribution < -0.4 is 5.32 Å². The Kier molecular flexibility index (Phi) is 4.37. The number of halogens is 1. The van der Waals surface area contributed by atoms with E-state index in [1.165, 1.54) is 0 Å². The first-order chi connectivity index (χ1) is 9.08. The molecular weight excluding hydrogens is 262 g/mol. The van der Waals surface area contributed by atoms with Gasteiger partial charge in [-0.05, 0) is 6.92 Å². The molecule has 0 aliphatic rings. The fraction of sp³-hybridized carbons (Fsp3) is 0.462. The molecule has 5 nitrogen and oxygen atoms in total. The van der Waals surface area contributed by atoms with E-state index < -0.39 is 0 Å². The van der Waals surface area contributed by atoms with Crippen LogP contribution in [-0.2, 0) is 6.54 Å². The molecule has 6 heteroatoms. The third-order valence-corrected chi connectivity index (χ3v) is 3.21. The first-order valence-electron chi connectivity index (χ1n) is 6.31. The summed E-state index contributed by atoms with van der Waals surface area (Å²) in [5.74, 6) is 1.83. The van der Waals surface area contributed by atoms with Gasteiger partial charge in [-0.2, -0.15) is 0 Å². The largest absolute Gasteiger partial charge is 0.368 e. The number of anilines is 1. The lowest BCUT2D eigenvalue weighted by Crippen LogP contribution is -2.13. The molecule has 0 unspecified atom stereocenters. The maximum atomic E-state index is 6.14. The van der Waals surface area contributed by atoms with E-state index in [2.05, 4.69) is 34.1 Å². The third kappa shape index (κ3) is 3.44. The van der Waals surface area contributed by atoms with Gasteiger partial charge in [0.2, 0.25) is 0 Å². The van der Waals surface area contributed by atoms with Gasteiger partial charge in [0.25, 0.3) is 0 Å². The average Bonchev–Trinajstić information content (AvgIpc) is 2.87. The minimum atomic E-state index is 0.257. The van der Waals surface area contributed by atoms with Crippen molar-refractivity contribution in [2.24, 2.45) is 0 Å². The summed E-state index contributed by atoms with van der Waals surface area (Å²) >= 11 is 6.14. The highest BCUT2D eigenvalue weighted by Crippen LogP contribution is 2.22. The first-order valence-corrected chi connectivity index (χ1v) is 6.69. The van der Waals surface area contributed by atoms with Crippen molar-refractivity contribution < 1.29 is 0 Å². The van der Waals surface area contributed by atoms with Crippen LogP contribution >= 0.6 is 11.6 Å². The van der Waals surface area contributed by atoms with Gasteiger partial charge >= 0.3 is 0 Å². The molecule has 0 aliphatic carbocycles. The van der Waals surface area contributed by atoms with E-state index in [1.54, 1.807) is 12.5 Å². The monoisotopic (exact) mass is 279 g/mol. The van der Waals surface area contributed by atoms with Crippen LogP contribution in [0.2, 0.25) is 5.15 Å². The molecule has 0 fully saturated rings. The van der Waals surface area contributed by atoms with Crippen LogP contribution in [-0.4, -0.2) is 26.1 Å². The number of aromatic nitrogens is 4. The van der Waals surface area contributed by atoms with Crippen LogP contribution in [0.5, 0.6) is 0 Å². The predicted octanol–water partition coefficient (Wildman–Crippen LogP) is 2.87. The van der Waals surface area contributed by atoms with Crippen LogP contribution in [0.25, 0.3) is 0 Å². The molecule has 0 saturated carbocycles. The molecular formula is C13H18ClN5.